The highest BCUT2D eigenvalue weighted by molar-refractivity contribution is 5.87. The Morgan fingerprint density at radius 2 is 1.94 bits per heavy atom. The van der Waals surface area contributed by atoms with E-state index in [1.54, 1.807) is 0 Å². The van der Waals surface area contributed by atoms with E-state index in [1.165, 1.54) is 25.7 Å². The molecule has 4 aliphatic rings. The van der Waals surface area contributed by atoms with E-state index < -0.39 is 0 Å². The van der Waals surface area contributed by atoms with Crippen molar-refractivity contribution < 1.29 is 9.53 Å². The van der Waals surface area contributed by atoms with Crippen molar-refractivity contribution in [1.29, 1.82) is 0 Å². The molecule has 4 rings (SSSR count). The normalized spacial score (nSPS) is 53.9. The van der Waals surface area contributed by atoms with Crippen molar-refractivity contribution in [3.8, 4) is 0 Å². The van der Waals surface area contributed by atoms with Crippen LogP contribution in [0.2, 0.25) is 0 Å². The first kappa shape index (κ1) is 9.41. The van der Waals surface area contributed by atoms with Gasteiger partial charge in [0.05, 0.1) is 18.1 Å². The summed E-state index contributed by atoms with van der Waals surface area (Å²) in [6, 6.07) is 0. The standard InChI is InChI=1S/C14H18O2/c15-14-10-7-8-3-1-2-4-9(8)13(14)12-6-5-11(10)16-12/h5-6,8-13H,1-4,7H2/t8-,9-,10+,11+,12-,13-/m1/s1. The van der Waals surface area contributed by atoms with Crippen LogP contribution in [0, 0.1) is 23.7 Å². The van der Waals surface area contributed by atoms with Gasteiger partial charge in [0.2, 0.25) is 0 Å². The van der Waals surface area contributed by atoms with Gasteiger partial charge in [0.15, 0.2) is 0 Å². The first-order valence-electron chi connectivity index (χ1n) is 6.72. The third-order valence-electron chi connectivity index (χ3n) is 5.24. The van der Waals surface area contributed by atoms with Crippen LogP contribution >= 0.6 is 0 Å². The maximum atomic E-state index is 12.4. The van der Waals surface area contributed by atoms with Gasteiger partial charge in [-0.3, -0.25) is 4.79 Å². The number of hydrogen-bond donors (Lipinski definition) is 0. The van der Waals surface area contributed by atoms with Crippen molar-refractivity contribution in [1.82, 2.24) is 0 Å². The van der Waals surface area contributed by atoms with E-state index >= 15 is 0 Å². The highest BCUT2D eigenvalue weighted by Gasteiger charge is 2.54. The average Bonchev–Trinajstić information content (AvgIpc) is 2.73. The molecule has 0 unspecified atom stereocenters. The Kier molecular flexibility index (Phi) is 1.88. The minimum atomic E-state index is 0.122. The molecule has 2 heterocycles. The van der Waals surface area contributed by atoms with Gasteiger partial charge in [-0.1, -0.05) is 31.4 Å². The molecular weight excluding hydrogens is 200 g/mol. The zero-order valence-corrected chi connectivity index (χ0v) is 9.47. The highest BCUT2D eigenvalue weighted by Crippen LogP contribution is 2.51. The van der Waals surface area contributed by atoms with E-state index in [0.29, 0.717) is 11.7 Å². The van der Waals surface area contributed by atoms with Crippen LogP contribution in [0.5, 0.6) is 0 Å². The molecule has 2 aliphatic carbocycles. The minimum Gasteiger partial charge on any atom is -0.365 e. The molecule has 1 saturated heterocycles. The second kappa shape index (κ2) is 3.19. The van der Waals surface area contributed by atoms with Crippen LogP contribution in [-0.2, 0) is 9.53 Å². The molecule has 0 aromatic carbocycles. The first-order chi connectivity index (χ1) is 7.84. The largest absolute Gasteiger partial charge is 0.365 e. The van der Waals surface area contributed by atoms with Crippen LogP contribution in [0.3, 0.4) is 0 Å². The van der Waals surface area contributed by atoms with Crippen molar-refractivity contribution in [3.63, 3.8) is 0 Å². The van der Waals surface area contributed by atoms with Crippen LogP contribution in [0.25, 0.3) is 0 Å². The quantitative estimate of drug-likeness (QED) is 0.583. The molecular formula is C14H18O2. The Bertz CT molecular complexity index is 360. The van der Waals surface area contributed by atoms with Gasteiger partial charge < -0.3 is 4.74 Å². The second-order valence-corrected chi connectivity index (χ2v) is 5.93. The van der Waals surface area contributed by atoms with Gasteiger partial charge in [-0.25, -0.2) is 0 Å². The molecule has 0 radical (unpaired) electrons. The number of Topliss-reactive ketones (excluding diaryl/α,β-unsaturated/α-hetero) is 1. The SMILES string of the molecule is O=C1[C@@H]2[C@@H]3CCCC[C@@H]3C[C@H]1[C@@H]1C=C[C@H]2O1. The molecule has 6 atom stereocenters. The molecule has 2 heteroatoms. The predicted molar refractivity (Wildman–Crippen MR) is 59.9 cm³/mol. The van der Waals surface area contributed by atoms with Crippen LogP contribution in [0.1, 0.15) is 32.1 Å². The lowest BCUT2D eigenvalue weighted by atomic mass is 9.59. The lowest BCUT2D eigenvalue weighted by molar-refractivity contribution is -0.163. The van der Waals surface area contributed by atoms with Crippen molar-refractivity contribution in [3.05, 3.63) is 12.2 Å². The molecule has 4 bridgehead atoms. The summed E-state index contributed by atoms with van der Waals surface area (Å²) in [6.07, 6.45) is 10.9. The number of rotatable bonds is 0. The average molecular weight is 218 g/mol. The number of ketones is 1. The van der Waals surface area contributed by atoms with Crippen molar-refractivity contribution in [2.75, 3.05) is 0 Å². The van der Waals surface area contributed by atoms with Gasteiger partial charge in [0.1, 0.15) is 5.78 Å². The van der Waals surface area contributed by atoms with Crippen molar-refractivity contribution >= 4 is 5.78 Å². The first-order valence-corrected chi connectivity index (χ1v) is 6.72. The van der Waals surface area contributed by atoms with Gasteiger partial charge in [-0.2, -0.15) is 0 Å². The van der Waals surface area contributed by atoms with Crippen molar-refractivity contribution in [2.45, 2.75) is 44.3 Å². The zero-order valence-electron chi connectivity index (χ0n) is 9.47. The number of hydrogen-bond acceptors (Lipinski definition) is 2. The zero-order chi connectivity index (χ0) is 10.7. The summed E-state index contributed by atoms with van der Waals surface area (Å²) in [5, 5.41) is 0. The number of carbonyl (C=O) groups is 1. The molecule has 16 heavy (non-hydrogen) atoms. The summed E-state index contributed by atoms with van der Waals surface area (Å²) >= 11 is 0. The molecule has 0 amide bonds. The Morgan fingerprint density at radius 1 is 1.12 bits per heavy atom. The summed E-state index contributed by atoms with van der Waals surface area (Å²) in [5.41, 5.74) is 0. The van der Waals surface area contributed by atoms with Crippen LogP contribution < -0.4 is 0 Å². The maximum absolute atomic E-state index is 12.4. The predicted octanol–water partition coefficient (Wildman–Crippen LogP) is 2.34. The molecule has 0 aromatic rings. The Balaban J connectivity index is 1.74. The van der Waals surface area contributed by atoms with Crippen molar-refractivity contribution in [2.24, 2.45) is 23.7 Å². The fourth-order valence-electron chi connectivity index (χ4n) is 4.53. The molecule has 3 fully saturated rings. The van der Waals surface area contributed by atoms with Gasteiger partial charge in [0, 0.05) is 5.92 Å². The molecule has 0 aromatic heterocycles. The van der Waals surface area contributed by atoms with Gasteiger partial charge >= 0.3 is 0 Å². The minimum absolute atomic E-state index is 0.122. The van der Waals surface area contributed by atoms with E-state index in [0.717, 1.165) is 12.3 Å². The Morgan fingerprint density at radius 3 is 2.88 bits per heavy atom. The highest BCUT2D eigenvalue weighted by atomic mass is 16.5. The lowest BCUT2D eigenvalue weighted by Gasteiger charge is -2.49. The number of fused-ring (bicyclic) bond motifs is 8. The van der Waals surface area contributed by atoms with E-state index in [9.17, 15) is 4.79 Å². The number of ether oxygens (including phenoxy) is 1. The Hall–Kier alpha value is -0.630. The van der Waals surface area contributed by atoms with E-state index in [-0.39, 0.29) is 24.0 Å². The summed E-state index contributed by atoms with van der Waals surface area (Å²) in [6.45, 7) is 0. The molecule has 2 aliphatic heterocycles. The van der Waals surface area contributed by atoms with E-state index in [4.69, 9.17) is 4.74 Å². The lowest BCUT2D eigenvalue weighted by Crippen LogP contribution is -2.53. The van der Waals surface area contributed by atoms with Crippen LogP contribution in [0.15, 0.2) is 12.2 Å². The fourth-order valence-corrected chi connectivity index (χ4v) is 4.53. The fraction of sp³-hybridized carbons (Fsp3) is 0.786. The summed E-state index contributed by atoms with van der Waals surface area (Å²) in [4.78, 5) is 12.4. The number of carbonyl (C=O) groups excluding carboxylic acids is 1. The van der Waals surface area contributed by atoms with E-state index in [1.807, 2.05) is 0 Å². The van der Waals surface area contributed by atoms with Gasteiger partial charge in [-0.15, -0.1) is 0 Å². The van der Waals surface area contributed by atoms with Crippen LogP contribution in [-0.4, -0.2) is 18.0 Å². The third kappa shape index (κ3) is 1.09. The van der Waals surface area contributed by atoms with Gasteiger partial charge in [-0.05, 0) is 24.7 Å². The summed E-state index contributed by atoms with van der Waals surface area (Å²) < 4.78 is 5.95. The Labute approximate surface area is 96.0 Å². The van der Waals surface area contributed by atoms with E-state index in [2.05, 4.69) is 12.2 Å². The molecule has 86 valence electrons. The van der Waals surface area contributed by atoms with Gasteiger partial charge in [0.25, 0.3) is 0 Å². The second-order valence-electron chi connectivity index (χ2n) is 5.93. The topological polar surface area (TPSA) is 26.3 Å². The summed E-state index contributed by atoms with van der Waals surface area (Å²) in [5.74, 6) is 2.37. The maximum Gasteiger partial charge on any atom is 0.145 e. The summed E-state index contributed by atoms with van der Waals surface area (Å²) in [7, 11) is 0. The molecule has 0 spiro atoms. The monoisotopic (exact) mass is 218 g/mol. The molecule has 2 saturated carbocycles. The molecule has 2 nitrogen and oxygen atoms in total. The smallest absolute Gasteiger partial charge is 0.145 e. The van der Waals surface area contributed by atoms with Crippen LogP contribution in [0.4, 0.5) is 0 Å². The molecule has 0 N–H and O–H groups in total. The third-order valence-corrected chi connectivity index (χ3v) is 5.24.